The minimum atomic E-state index is -0.436. The van der Waals surface area contributed by atoms with Crippen molar-refractivity contribution in [3.05, 3.63) is 41.6 Å². The minimum Gasteiger partial charge on any atom is -0.484 e. The molecule has 1 aliphatic carbocycles. The fourth-order valence-electron chi connectivity index (χ4n) is 2.03. The molecule has 2 rings (SSSR count). The van der Waals surface area contributed by atoms with Crippen LogP contribution in [0.15, 0.2) is 36.0 Å². The van der Waals surface area contributed by atoms with Gasteiger partial charge in [0.25, 0.3) is 5.91 Å². The summed E-state index contributed by atoms with van der Waals surface area (Å²) < 4.78 is 9.90. The number of rotatable bonds is 6. The van der Waals surface area contributed by atoms with E-state index in [4.69, 9.17) is 4.74 Å². The number of hydrogen-bond donors (Lipinski definition) is 2. The Hall–Kier alpha value is -2.83. The summed E-state index contributed by atoms with van der Waals surface area (Å²) in [5.41, 5.74) is 6.29. The molecule has 0 fully saturated rings. The monoisotopic (exact) mass is 318 g/mol. The van der Waals surface area contributed by atoms with Gasteiger partial charge in [0.1, 0.15) is 5.75 Å². The number of ether oxygens (including phenoxy) is 2. The van der Waals surface area contributed by atoms with Gasteiger partial charge in [0.05, 0.1) is 12.7 Å². The van der Waals surface area contributed by atoms with Crippen molar-refractivity contribution in [2.45, 2.75) is 19.3 Å². The van der Waals surface area contributed by atoms with Crippen LogP contribution in [0.3, 0.4) is 0 Å². The zero-order valence-electron chi connectivity index (χ0n) is 12.8. The number of allylic oxidation sites excluding steroid dienone is 2. The van der Waals surface area contributed by atoms with Crippen molar-refractivity contribution >= 4 is 17.7 Å². The van der Waals surface area contributed by atoms with E-state index in [0.29, 0.717) is 23.4 Å². The molecule has 1 aliphatic rings. The molecule has 0 spiro atoms. The molecular weight excluding hydrogens is 300 g/mol. The Bertz CT molecular complexity index is 622. The van der Waals surface area contributed by atoms with Gasteiger partial charge in [0, 0.05) is 18.2 Å². The van der Waals surface area contributed by atoms with Gasteiger partial charge in [-0.1, -0.05) is 0 Å². The molecule has 0 bridgehead atoms. The van der Waals surface area contributed by atoms with Crippen molar-refractivity contribution in [3.8, 4) is 5.75 Å². The lowest BCUT2D eigenvalue weighted by Gasteiger charge is -2.15. The topological polar surface area (TPSA) is 93.7 Å². The van der Waals surface area contributed by atoms with Gasteiger partial charge < -0.3 is 14.9 Å². The second-order valence-electron chi connectivity index (χ2n) is 4.97. The lowest BCUT2D eigenvalue weighted by molar-refractivity contribution is -0.124. The van der Waals surface area contributed by atoms with Crippen LogP contribution in [0.1, 0.15) is 29.6 Å². The molecule has 7 heteroatoms. The first-order valence-corrected chi connectivity index (χ1v) is 7.18. The Labute approximate surface area is 133 Å². The Kier molecular flexibility index (Phi) is 5.74. The zero-order valence-corrected chi connectivity index (χ0v) is 12.8. The third-order valence-electron chi connectivity index (χ3n) is 3.21. The molecule has 1 aromatic rings. The van der Waals surface area contributed by atoms with Crippen molar-refractivity contribution < 1.29 is 23.9 Å². The van der Waals surface area contributed by atoms with Crippen molar-refractivity contribution in [3.63, 3.8) is 0 Å². The molecule has 0 aliphatic heterocycles. The van der Waals surface area contributed by atoms with E-state index in [2.05, 4.69) is 15.6 Å². The van der Waals surface area contributed by atoms with Crippen LogP contribution in [-0.2, 0) is 14.3 Å². The van der Waals surface area contributed by atoms with Crippen LogP contribution in [0.2, 0.25) is 0 Å². The molecule has 1 aromatic carbocycles. The van der Waals surface area contributed by atoms with Gasteiger partial charge in [-0.15, -0.1) is 0 Å². The molecule has 0 aromatic heterocycles. The maximum atomic E-state index is 11.7. The number of esters is 1. The quantitative estimate of drug-likeness (QED) is 0.603. The van der Waals surface area contributed by atoms with Crippen LogP contribution in [0.5, 0.6) is 5.75 Å². The van der Waals surface area contributed by atoms with E-state index in [-0.39, 0.29) is 18.3 Å². The summed E-state index contributed by atoms with van der Waals surface area (Å²) in [6.45, 7) is -0.189. The number of ketones is 1. The van der Waals surface area contributed by atoms with Gasteiger partial charge in [-0.25, -0.2) is 4.79 Å². The maximum absolute atomic E-state index is 11.7. The summed E-state index contributed by atoms with van der Waals surface area (Å²) in [6, 6.07) is 6.26. The van der Waals surface area contributed by atoms with E-state index in [1.54, 1.807) is 24.3 Å². The summed E-state index contributed by atoms with van der Waals surface area (Å²) in [5.74, 6) is -0.301. The molecule has 0 radical (unpaired) electrons. The van der Waals surface area contributed by atoms with Gasteiger partial charge in [0.2, 0.25) is 0 Å². The largest absolute Gasteiger partial charge is 0.484 e. The van der Waals surface area contributed by atoms with E-state index in [1.807, 2.05) is 0 Å². The van der Waals surface area contributed by atoms with Crippen molar-refractivity contribution in [1.82, 2.24) is 10.9 Å². The highest BCUT2D eigenvalue weighted by molar-refractivity contribution is 5.91. The Morgan fingerprint density at radius 1 is 1.17 bits per heavy atom. The SMILES string of the molecule is COC(=O)c1ccc(OCC(=O)NNC2=CC(=O)CCC2)cc1. The Morgan fingerprint density at radius 3 is 2.57 bits per heavy atom. The lowest BCUT2D eigenvalue weighted by atomic mass is 10.0. The zero-order chi connectivity index (χ0) is 16.7. The number of carbonyl (C=O) groups excluding carboxylic acids is 3. The van der Waals surface area contributed by atoms with E-state index in [1.165, 1.54) is 13.2 Å². The van der Waals surface area contributed by atoms with E-state index in [9.17, 15) is 14.4 Å². The Morgan fingerprint density at radius 2 is 1.91 bits per heavy atom. The Balaban J connectivity index is 1.76. The first-order valence-electron chi connectivity index (χ1n) is 7.18. The van der Waals surface area contributed by atoms with E-state index >= 15 is 0 Å². The molecule has 0 saturated carbocycles. The summed E-state index contributed by atoms with van der Waals surface area (Å²) in [4.78, 5) is 34.2. The number of methoxy groups -OCH3 is 1. The maximum Gasteiger partial charge on any atom is 0.337 e. The molecule has 122 valence electrons. The summed E-state index contributed by atoms with van der Waals surface area (Å²) in [6.07, 6.45) is 3.54. The summed E-state index contributed by atoms with van der Waals surface area (Å²) in [7, 11) is 1.30. The minimum absolute atomic E-state index is 0.0509. The number of hydrogen-bond acceptors (Lipinski definition) is 6. The van der Waals surface area contributed by atoms with Gasteiger partial charge >= 0.3 is 5.97 Å². The fraction of sp³-hybridized carbons (Fsp3) is 0.312. The van der Waals surface area contributed by atoms with Gasteiger partial charge in [0.15, 0.2) is 12.4 Å². The van der Waals surface area contributed by atoms with Crippen molar-refractivity contribution in [2.75, 3.05) is 13.7 Å². The van der Waals surface area contributed by atoms with Crippen LogP contribution in [-0.4, -0.2) is 31.4 Å². The van der Waals surface area contributed by atoms with E-state index < -0.39 is 5.97 Å². The summed E-state index contributed by atoms with van der Waals surface area (Å²) >= 11 is 0. The summed E-state index contributed by atoms with van der Waals surface area (Å²) in [5, 5.41) is 0. The predicted molar refractivity (Wildman–Crippen MR) is 81.5 cm³/mol. The first kappa shape index (κ1) is 16.5. The number of carbonyl (C=O) groups is 3. The van der Waals surface area contributed by atoms with Gasteiger partial charge in [-0.05, 0) is 37.1 Å². The number of benzene rings is 1. The molecule has 2 N–H and O–H groups in total. The molecule has 23 heavy (non-hydrogen) atoms. The van der Waals surface area contributed by atoms with Gasteiger partial charge in [-0.2, -0.15) is 0 Å². The number of amides is 1. The van der Waals surface area contributed by atoms with Crippen LogP contribution in [0.25, 0.3) is 0 Å². The molecule has 0 heterocycles. The average molecular weight is 318 g/mol. The second kappa shape index (κ2) is 7.98. The smallest absolute Gasteiger partial charge is 0.337 e. The normalized spacial score (nSPS) is 13.8. The third-order valence-corrected chi connectivity index (χ3v) is 3.21. The molecule has 7 nitrogen and oxygen atoms in total. The predicted octanol–water partition coefficient (Wildman–Crippen LogP) is 1.11. The lowest BCUT2D eigenvalue weighted by Crippen LogP contribution is -2.40. The molecule has 1 amide bonds. The third kappa shape index (κ3) is 5.14. The van der Waals surface area contributed by atoms with Crippen LogP contribution in [0, 0.1) is 0 Å². The number of nitrogens with one attached hydrogen (secondary N) is 2. The molecule has 0 atom stereocenters. The molecular formula is C16H18N2O5. The second-order valence-corrected chi connectivity index (χ2v) is 4.97. The fourth-order valence-corrected chi connectivity index (χ4v) is 2.03. The van der Waals surface area contributed by atoms with Crippen molar-refractivity contribution in [2.24, 2.45) is 0 Å². The number of hydrazine groups is 1. The standard InChI is InChI=1S/C16H18N2O5/c1-22-16(21)11-5-7-14(8-6-11)23-10-15(20)18-17-12-3-2-4-13(19)9-12/h5-9,17H,2-4,10H2,1H3,(H,18,20). The van der Waals surface area contributed by atoms with E-state index in [0.717, 1.165) is 12.8 Å². The van der Waals surface area contributed by atoms with Crippen LogP contribution < -0.4 is 15.6 Å². The van der Waals surface area contributed by atoms with Crippen molar-refractivity contribution in [1.29, 1.82) is 0 Å². The average Bonchev–Trinajstić information content (AvgIpc) is 2.58. The molecule has 0 saturated heterocycles. The highest BCUT2D eigenvalue weighted by atomic mass is 16.5. The highest BCUT2D eigenvalue weighted by Crippen LogP contribution is 2.13. The molecule has 0 unspecified atom stereocenters. The van der Waals surface area contributed by atoms with Crippen LogP contribution in [0.4, 0.5) is 0 Å². The van der Waals surface area contributed by atoms with Gasteiger partial charge in [-0.3, -0.25) is 15.0 Å². The first-order chi connectivity index (χ1) is 11.1. The van der Waals surface area contributed by atoms with Crippen LogP contribution >= 0.6 is 0 Å². The highest BCUT2D eigenvalue weighted by Gasteiger charge is 2.11.